The maximum absolute atomic E-state index is 13.5. The molecule has 29 heavy (non-hydrogen) atoms. The van der Waals surface area contributed by atoms with Crippen LogP contribution >= 0.6 is 11.8 Å². The minimum atomic E-state index is -1.20. The molecular weight excluding hydrogens is 390 g/mol. The van der Waals surface area contributed by atoms with Gasteiger partial charge in [-0.25, -0.2) is 9.55 Å². The van der Waals surface area contributed by atoms with E-state index in [0.717, 1.165) is 22.7 Å². The molecule has 0 saturated carbocycles. The fourth-order valence-corrected chi connectivity index (χ4v) is 4.22. The monoisotopic (exact) mass is 408 g/mol. The summed E-state index contributed by atoms with van der Waals surface area (Å²) in [6.07, 6.45) is 0.334. The molecule has 2 heterocycles. The highest BCUT2D eigenvalue weighted by Gasteiger charge is 2.21. The maximum Gasteiger partial charge on any atom is 0.283 e. The van der Waals surface area contributed by atoms with E-state index in [2.05, 4.69) is 4.98 Å². The lowest BCUT2D eigenvalue weighted by Gasteiger charge is -2.19. The summed E-state index contributed by atoms with van der Waals surface area (Å²) in [6.45, 7) is 1.75. The van der Waals surface area contributed by atoms with E-state index in [1.54, 1.807) is 31.2 Å². The predicted octanol–water partition coefficient (Wildman–Crippen LogP) is 2.50. The molecule has 0 unspecified atom stereocenters. The number of nitrogens with one attached hydrogen (secondary N) is 1. The molecule has 0 fully saturated rings. The number of fused-ring (bicyclic) bond motifs is 3. The molecule has 148 valence electrons. The van der Waals surface area contributed by atoms with Crippen LogP contribution < -0.4 is 15.4 Å². The van der Waals surface area contributed by atoms with Gasteiger partial charge in [-0.1, -0.05) is 49.0 Å². The van der Waals surface area contributed by atoms with Crippen LogP contribution in [0, 0.1) is 0 Å². The first-order chi connectivity index (χ1) is 14.0. The zero-order chi connectivity index (χ0) is 20.5. The zero-order valence-electron chi connectivity index (χ0n) is 15.8. The highest BCUT2D eigenvalue weighted by Crippen LogP contribution is 2.31. The molecule has 0 amide bonds. The first kappa shape index (κ1) is 19.1. The molecule has 0 aliphatic rings. The second-order valence-corrected chi connectivity index (χ2v) is 7.60. The molecular formula is C21H18N3O4S-. The summed E-state index contributed by atoms with van der Waals surface area (Å²) in [5.74, 6) is -0.715. The Morgan fingerprint density at radius 3 is 2.69 bits per heavy atom. The van der Waals surface area contributed by atoms with Crippen LogP contribution in [0.4, 0.5) is 0 Å². The van der Waals surface area contributed by atoms with Gasteiger partial charge in [0.1, 0.15) is 16.8 Å². The van der Waals surface area contributed by atoms with Crippen LogP contribution in [0.2, 0.25) is 0 Å². The average Bonchev–Trinajstić information content (AvgIpc) is 3.11. The van der Waals surface area contributed by atoms with Crippen molar-refractivity contribution in [2.45, 2.75) is 23.8 Å². The summed E-state index contributed by atoms with van der Waals surface area (Å²) >= 11 is 0.999. The Balaban J connectivity index is 2.07. The normalized spacial score (nSPS) is 12.3. The van der Waals surface area contributed by atoms with Crippen LogP contribution in [-0.4, -0.2) is 32.9 Å². The Morgan fingerprint density at radius 1 is 1.24 bits per heavy atom. The number of thioether (sulfide) groups is 1. The van der Waals surface area contributed by atoms with E-state index in [-0.39, 0.29) is 10.7 Å². The Labute approximate surface area is 170 Å². The lowest BCUT2D eigenvalue weighted by atomic mass is 10.2. The van der Waals surface area contributed by atoms with Crippen molar-refractivity contribution in [3.8, 4) is 11.4 Å². The number of para-hydroxylation sites is 3. The van der Waals surface area contributed by atoms with Crippen LogP contribution in [-0.2, 0) is 4.79 Å². The second-order valence-electron chi connectivity index (χ2n) is 6.43. The van der Waals surface area contributed by atoms with Gasteiger partial charge in [0.2, 0.25) is 0 Å². The average molecular weight is 408 g/mol. The number of carbonyl (C=O) groups is 1. The number of carboxylic acid groups (broad SMARTS) is 1. The molecule has 0 radical (unpaired) electrons. The Kier molecular flexibility index (Phi) is 5.02. The van der Waals surface area contributed by atoms with Crippen molar-refractivity contribution in [2.75, 3.05) is 7.11 Å². The Morgan fingerprint density at radius 2 is 1.97 bits per heavy atom. The molecule has 0 aliphatic heterocycles. The first-order valence-electron chi connectivity index (χ1n) is 9.09. The van der Waals surface area contributed by atoms with Crippen LogP contribution in [0.1, 0.15) is 13.3 Å². The summed E-state index contributed by atoms with van der Waals surface area (Å²) in [4.78, 5) is 32.9. The van der Waals surface area contributed by atoms with Crippen molar-refractivity contribution < 1.29 is 14.6 Å². The number of H-pyrrole nitrogens is 1. The summed E-state index contributed by atoms with van der Waals surface area (Å²) < 4.78 is 6.82. The van der Waals surface area contributed by atoms with Gasteiger partial charge in [0.05, 0.1) is 24.0 Å². The molecule has 0 spiro atoms. The van der Waals surface area contributed by atoms with Crippen LogP contribution in [0.15, 0.2) is 58.5 Å². The van der Waals surface area contributed by atoms with E-state index >= 15 is 0 Å². The van der Waals surface area contributed by atoms with Crippen molar-refractivity contribution in [1.29, 1.82) is 0 Å². The number of rotatable bonds is 6. The van der Waals surface area contributed by atoms with Crippen molar-refractivity contribution in [3.63, 3.8) is 0 Å². The minimum absolute atomic E-state index is 0.271. The van der Waals surface area contributed by atoms with Gasteiger partial charge in [0, 0.05) is 10.9 Å². The molecule has 1 N–H and O–H groups in total. The van der Waals surface area contributed by atoms with Crippen molar-refractivity contribution in [3.05, 3.63) is 58.9 Å². The Bertz CT molecular complexity index is 1280. The summed E-state index contributed by atoms with van der Waals surface area (Å²) in [6, 6.07) is 14.5. The van der Waals surface area contributed by atoms with Gasteiger partial charge >= 0.3 is 0 Å². The lowest BCUT2D eigenvalue weighted by Crippen LogP contribution is -2.34. The number of aromatic amines is 1. The lowest BCUT2D eigenvalue weighted by molar-refractivity contribution is -0.304. The van der Waals surface area contributed by atoms with Gasteiger partial charge in [-0.2, -0.15) is 0 Å². The number of hydrogen-bond acceptors (Lipinski definition) is 6. The van der Waals surface area contributed by atoms with E-state index in [0.29, 0.717) is 28.9 Å². The predicted molar refractivity (Wildman–Crippen MR) is 111 cm³/mol. The molecule has 7 nitrogen and oxygen atoms in total. The van der Waals surface area contributed by atoms with Crippen molar-refractivity contribution in [1.82, 2.24) is 14.5 Å². The number of aromatic nitrogens is 3. The summed E-state index contributed by atoms with van der Waals surface area (Å²) in [5.41, 5.74) is 1.80. The standard InChI is InChI=1S/C21H19N3O4S/c1-3-16(20(26)27)29-21-23-17-12-8-4-5-9-13(12)22-18(17)19(25)24(21)14-10-6-7-11-15(14)28-2/h4-11,16,22H,3H2,1-2H3,(H,26,27)/p-1/t16-/m1/s1. The quantitative estimate of drug-likeness (QED) is 0.389. The number of carbonyl (C=O) groups excluding carboxylic acids is 1. The largest absolute Gasteiger partial charge is 0.549 e. The highest BCUT2D eigenvalue weighted by molar-refractivity contribution is 8.00. The first-order valence-corrected chi connectivity index (χ1v) is 9.97. The van der Waals surface area contributed by atoms with Gasteiger partial charge in [0.25, 0.3) is 5.56 Å². The van der Waals surface area contributed by atoms with E-state index in [9.17, 15) is 14.7 Å². The number of hydrogen-bond donors (Lipinski definition) is 1. The zero-order valence-corrected chi connectivity index (χ0v) is 16.7. The molecule has 2 aromatic heterocycles. The van der Waals surface area contributed by atoms with E-state index < -0.39 is 11.2 Å². The third kappa shape index (κ3) is 3.25. The van der Waals surface area contributed by atoms with E-state index in [1.807, 2.05) is 24.3 Å². The molecule has 2 aromatic carbocycles. The fourth-order valence-electron chi connectivity index (χ4n) is 3.27. The molecule has 8 heteroatoms. The summed E-state index contributed by atoms with van der Waals surface area (Å²) in [5, 5.41) is 11.8. The number of ether oxygens (including phenoxy) is 1. The van der Waals surface area contributed by atoms with E-state index in [1.165, 1.54) is 11.7 Å². The maximum atomic E-state index is 13.5. The van der Waals surface area contributed by atoms with Gasteiger partial charge in [0.15, 0.2) is 5.16 Å². The number of nitrogens with zero attached hydrogens (tertiary/aromatic N) is 2. The third-order valence-electron chi connectivity index (χ3n) is 4.70. The molecule has 4 rings (SSSR count). The van der Waals surface area contributed by atoms with Crippen LogP contribution in [0.25, 0.3) is 27.6 Å². The molecule has 1 atom stereocenters. The smallest absolute Gasteiger partial charge is 0.283 e. The van der Waals surface area contributed by atoms with Crippen LogP contribution in [0.5, 0.6) is 5.75 Å². The van der Waals surface area contributed by atoms with Crippen molar-refractivity contribution in [2.24, 2.45) is 0 Å². The fraction of sp³-hybridized carbons (Fsp3) is 0.190. The SMILES string of the molecule is CC[C@@H](Sc1nc2c([nH]c3ccccc32)c(=O)n1-c1ccccc1OC)C(=O)[O-]. The van der Waals surface area contributed by atoms with Gasteiger partial charge in [-0.05, 0) is 24.6 Å². The molecule has 0 bridgehead atoms. The van der Waals surface area contributed by atoms with E-state index in [4.69, 9.17) is 9.72 Å². The minimum Gasteiger partial charge on any atom is -0.549 e. The molecule has 0 aliphatic carbocycles. The molecule has 0 saturated heterocycles. The third-order valence-corrected chi connectivity index (χ3v) is 6.00. The molecule has 4 aromatic rings. The number of methoxy groups -OCH3 is 1. The number of benzene rings is 2. The van der Waals surface area contributed by atoms with Crippen LogP contribution in [0.3, 0.4) is 0 Å². The highest BCUT2D eigenvalue weighted by atomic mass is 32.2. The number of aliphatic carboxylic acids is 1. The second kappa shape index (κ2) is 7.63. The Hall–Kier alpha value is -3.26. The van der Waals surface area contributed by atoms with Crippen molar-refractivity contribution >= 4 is 39.7 Å². The van der Waals surface area contributed by atoms with Gasteiger partial charge in [-0.15, -0.1) is 0 Å². The van der Waals surface area contributed by atoms with Gasteiger partial charge in [-0.3, -0.25) is 4.79 Å². The van der Waals surface area contributed by atoms with Gasteiger partial charge < -0.3 is 19.6 Å². The topological polar surface area (TPSA) is 100 Å². The summed E-state index contributed by atoms with van der Waals surface area (Å²) in [7, 11) is 1.52. The number of carboxylic acids is 1.